The van der Waals surface area contributed by atoms with Gasteiger partial charge in [0.1, 0.15) is 23.0 Å². The van der Waals surface area contributed by atoms with Crippen LogP contribution in [0.25, 0.3) is 5.76 Å². The van der Waals surface area contributed by atoms with Crippen LogP contribution in [0.3, 0.4) is 0 Å². The maximum Gasteiger partial charge on any atom is 0.350 e. The fraction of sp³-hybridized carbons (Fsp3) is 0.160. The van der Waals surface area contributed by atoms with Gasteiger partial charge in [0, 0.05) is 18.0 Å². The number of aliphatic hydroxyl groups excluding tert-OH is 1. The summed E-state index contributed by atoms with van der Waals surface area (Å²) in [5.74, 6) is -2.15. The number of benzene rings is 1. The molecular weight excluding hydrogens is 470 g/mol. The molecule has 35 heavy (non-hydrogen) atoms. The summed E-state index contributed by atoms with van der Waals surface area (Å²) >= 11 is 0.931. The summed E-state index contributed by atoms with van der Waals surface area (Å²) in [5, 5.41) is 11.3. The topological polar surface area (TPSA) is 119 Å². The molecule has 1 amide bonds. The predicted octanol–water partition coefficient (Wildman–Crippen LogP) is 3.82. The molecular formula is C25H21N3O6S. The molecule has 2 aromatic heterocycles. The zero-order valence-electron chi connectivity index (χ0n) is 18.9. The van der Waals surface area contributed by atoms with E-state index in [0.717, 1.165) is 11.3 Å². The monoisotopic (exact) mass is 491 g/mol. The number of aliphatic hydroxyl groups is 1. The maximum atomic E-state index is 13.2. The standard InChI is InChI=1S/C25H21N3O6S/c1-4-12-34-17-9-7-15(8-10-17)20(29)18-19(16-6-5-11-26-13-16)28(23(31)21(18)30)25-27-14(2)22(35-25)24(32)33-3/h4-11,13,19,29H,1,12H2,2-3H3/b20-18+. The first-order chi connectivity index (χ1) is 16.9. The van der Waals surface area contributed by atoms with Gasteiger partial charge in [-0.25, -0.2) is 9.78 Å². The minimum Gasteiger partial charge on any atom is -0.507 e. The van der Waals surface area contributed by atoms with Crippen molar-refractivity contribution in [2.45, 2.75) is 13.0 Å². The number of aryl methyl sites for hydroxylation is 1. The van der Waals surface area contributed by atoms with E-state index in [2.05, 4.69) is 16.5 Å². The maximum absolute atomic E-state index is 13.2. The van der Waals surface area contributed by atoms with Gasteiger partial charge in [-0.3, -0.25) is 19.5 Å². The van der Waals surface area contributed by atoms with Crippen LogP contribution in [0, 0.1) is 6.92 Å². The SMILES string of the molecule is C=CCOc1ccc(/C(O)=C2\C(=O)C(=O)N(c3nc(C)c(C(=O)OC)s3)C2c2cccnc2)cc1. The average molecular weight is 492 g/mol. The van der Waals surface area contributed by atoms with Crippen LogP contribution >= 0.6 is 11.3 Å². The van der Waals surface area contributed by atoms with Crippen molar-refractivity contribution in [1.29, 1.82) is 0 Å². The number of ketones is 1. The van der Waals surface area contributed by atoms with E-state index in [1.807, 2.05) is 0 Å². The number of nitrogens with zero attached hydrogens (tertiary/aromatic N) is 3. The molecule has 1 aliphatic heterocycles. The van der Waals surface area contributed by atoms with Gasteiger partial charge >= 0.3 is 11.9 Å². The Labute approximate surface area is 205 Å². The van der Waals surface area contributed by atoms with Crippen LogP contribution < -0.4 is 9.64 Å². The highest BCUT2D eigenvalue weighted by Crippen LogP contribution is 2.43. The van der Waals surface area contributed by atoms with Gasteiger partial charge in [-0.05, 0) is 42.8 Å². The van der Waals surface area contributed by atoms with Crippen molar-refractivity contribution in [3.8, 4) is 5.75 Å². The molecule has 1 fully saturated rings. The smallest absolute Gasteiger partial charge is 0.350 e. The molecule has 4 rings (SSSR count). The van der Waals surface area contributed by atoms with Gasteiger partial charge in [-0.15, -0.1) is 0 Å². The number of hydrogen-bond acceptors (Lipinski definition) is 9. The van der Waals surface area contributed by atoms with Gasteiger partial charge in [0.25, 0.3) is 5.78 Å². The number of anilines is 1. The summed E-state index contributed by atoms with van der Waals surface area (Å²) in [7, 11) is 1.25. The first kappa shape index (κ1) is 23.8. The van der Waals surface area contributed by atoms with Crippen LogP contribution in [0.1, 0.15) is 32.5 Å². The molecule has 1 aromatic carbocycles. The Balaban J connectivity index is 1.84. The molecule has 0 aliphatic carbocycles. The molecule has 1 saturated heterocycles. The van der Waals surface area contributed by atoms with Crippen LogP contribution in [-0.2, 0) is 14.3 Å². The highest BCUT2D eigenvalue weighted by atomic mass is 32.1. The van der Waals surface area contributed by atoms with Gasteiger partial charge in [0.15, 0.2) is 5.13 Å². The lowest BCUT2D eigenvalue weighted by Gasteiger charge is -2.22. The van der Waals surface area contributed by atoms with E-state index in [9.17, 15) is 19.5 Å². The molecule has 0 bridgehead atoms. The number of pyridine rings is 1. The van der Waals surface area contributed by atoms with Gasteiger partial charge in [-0.1, -0.05) is 30.1 Å². The Bertz CT molecular complexity index is 1330. The number of ether oxygens (including phenoxy) is 2. The fourth-order valence-electron chi connectivity index (χ4n) is 3.67. The zero-order chi connectivity index (χ0) is 25.1. The summed E-state index contributed by atoms with van der Waals surface area (Å²) in [6.45, 7) is 5.53. The molecule has 0 radical (unpaired) electrons. The molecule has 1 unspecified atom stereocenters. The third-order valence-corrected chi connectivity index (χ3v) is 6.44. The third-order valence-electron chi connectivity index (χ3n) is 5.30. The first-order valence-electron chi connectivity index (χ1n) is 10.5. The Hall–Kier alpha value is -4.31. The molecule has 10 heteroatoms. The van der Waals surface area contributed by atoms with E-state index in [1.165, 1.54) is 18.2 Å². The van der Waals surface area contributed by atoms with E-state index >= 15 is 0 Å². The van der Waals surface area contributed by atoms with Crippen molar-refractivity contribution in [3.63, 3.8) is 0 Å². The average Bonchev–Trinajstić information content (AvgIpc) is 3.39. The van der Waals surface area contributed by atoms with Crippen molar-refractivity contribution in [3.05, 3.63) is 88.7 Å². The minimum absolute atomic E-state index is 0.116. The molecule has 0 saturated carbocycles. The van der Waals surface area contributed by atoms with Crippen LogP contribution in [0.4, 0.5) is 5.13 Å². The summed E-state index contributed by atoms with van der Waals surface area (Å²) < 4.78 is 10.3. The number of aromatic nitrogens is 2. The molecule has 1 atom stereocenters. The number of carbonyl (C=O) groups excluding carboxylic acids is 3. The van der Waals surface area contributed by atoms with Gasteiger partial charge < -0.3 is 14.6 Å². The molecule has 178 valence electrons. The quantitative estimate of drug-likeness (QED) is 0.174. The molecule has 1 aliphatic rings. The Morgan fingerprint density at radius 3 is 2.63 bits per heavy atom. The van der Waals surface area contributed by atoms with Crippen molar-refractivity contribution >= 4 is 39.9 Å². The molecule has 1 N–H and O–H groups in total. The Morgan fingerprint density at radius 2 is 2.00 bits per heavy atom. The normalized spacial score (nSPS) is 16.9. The van der Waals surface area contributed by atoms with E-state index in [1.54, 1.807) is 55.6 Å². The molecule has 9 nitrogen and oxygen atoms in total. The Kier molecular flexibility index (Phi) is 6.74. The lowest BCUT2D eigenvalue weighted by Crippen LogP contribution is -2.29. The van der Waals surface area contributed by atoms with Crippen molar-refractivity contribution < 1.29 is 29.0 Å². The summed E-state index contributed by atoms with van der Waals surface area (Å²) in [6, 6.07) is 8.80. The van der Waals surface area contributed by atoms with Crippen LogP contribution in [-0.4, -0.2) is 46.5 Å². The number of Topliss-reactive ketones (excluding diaryl/α,β-unsaturated/α-hetero) is 1. The van der Waals surface area contributed by atoms with E-state index < -0.39 is 23.7 Å². The van der Waals surface area contributed by atoms with E-state index in [4.69, 9.17) is 9.47 Å². The minimum atomic E-state index is -1.00. The van der Waals surface area contributed by atoms with Gasteiger partial charge in [0.2, 0.25) is 0 Å². The number of carbonyl (C=O) groups is 3. The Morgan fingerprint density at radius 1 is 1.26 bits per heavy atom. The fourth-order valence-corrected chi connectivity index (χ4v) is 4.68. The van der Waals surface area contributed by atoms with Crippen LogP contribution in [0.2, 0.25) is 0 Å². The van der Waals surface area contributed by atoms with Crippen molar-refractivity contribution in [2.24, 2.45) is 0 Å². The van der Waals surface area contributed by atoms with E-state index in [0.29, 0.717) is 29.2 Å². The molecule has 3 heterocycles. The van der Waals surface area contributed by atoms with E-state index in [-0.39, 0.29) is 21.3 Å². The number of rotatable bonds is 7. The van der Waals surface area contributed by atoms with Crippen LogP contribution in [0.15, 0.2) is 67.0 Å². The first-order valence-corrected chi connectivity index (χ1v) is 11.3. The van der Waals surface area contributed by atoms with Gasteiger partial charge in [0.05, 0.1) is 24.4 Å². The summed E-state index contributed by atoms with van der Waals surface area (Å²) in [4.78, 5) is 48.4. The lowest BCUT2D eigenvalue weighted by molar-refractivity contribution is -0.132. The second-order valence-corrected chi connectivity index (χ2v) is 8.46. The third kappa shape index (κ3) is 4.43. The summed E-state index contributed by atoms with van der Waals surface area (Å²) in [6.07, 6.45) is 4.67. The highest BCUT2D eigenvalue weighted by molar-refractivity contribution is 7.17. The number of esters is 1. The zero-order valence-corrected chi connectivity index (χ0v) is 19.7. The largest absolute Gasteiger partial charge is 0.507 e. The van der Waals surface area contributed by atoms with Gasteiger partial charge in [-0.2, -0.15) is 0 Å². The number of hydrogen-bond donors (Lipinski definition) is 1. The summed E-state index contributed by atoms with van der Waals surface area (Å²) in [5.41, 5.74) is 1.06. The van der Waals surface area contributed by atoms with Crippen molar-refractivity contribution in [1.82, 2.24) is 9.97 Å². The van der Waals surface area contributed by atoms with Crippen LogP contribution in [0.5, 0.6) is 5.75 Å². The molecule has 0 spiro atoms. The molecule has 3 aromatic rings. The predicted molar refractivity (Wildman–Crippen MR) is 129 cm³/mol. The van der Waals surface area contributed by atoms with Crippen molar-refractivity contribution in [2.75, 3.05) is 18.6 Å². The number of thiazole rings is 1. The second kappa shape index (κ2) is 9.90. The number of amides is 1. The number of methoxy groups -OCH3 is 1. The lowest BCUT2D eigenvalue weighted by atomic mass is 9.96. The second-order valence-electron chi connectivity index (χ2n) is 7.48. The highest BCUT2D eigenvalue weighted by Gasteiger charge is 2.48.